The summed E-state index contributed by atoms with van der Waals surface area (Å²) in [5.41, 5.74) is 2.39. The second-order valence-corrected chi connectivity index (χ2v) is 7.20. The van der Waals surface area contributed by atoms with E-state index in [0.717, 1.165) is 50.7 Å². The first-order valence-corrected chi connectivity index (χ1v) is 9.65. The summed E-state index contributed by atoms with van der Waals surface area (Å²) >= 11 is 1.77. The highest BCUT2D eigenvalue weighted by molar-refractivity contribution is 7.07. The van der Waals surface area contributed by atoms with Gasteiger partial charge in [-0.15, -0.1) is 0 Å². The zero-order valence-electron chi connectivity index (χ0n) is 14.2. The Kier molecular flexibility index (Phi) is 5.20. The summed E-state index contributed by atoms with van der Waals surface area (Å²) in [5.74, 6) is 1.37. The van der Waals surface area contributed by atoms with Crippen molar-refractivity contribution < 1.29 is 4.52 Å². The van der Waals surface area contributed by atoms with Crippen molar-refractivity contribution in [2.75, 3.05) is 26.2 Å². The van der Waals surface area contributed by atoms with Crippen LogP contribution in [0.2, 0.25) is 0 Å². The predicted molar refractivity (Wildman–Crippen MR) is 99.2 cm³/mol. The average Bonchev–Trinajstić information content (AvgIpc) is 3.27. The maximum Gasteiger partial charge on any atom is 0.257 e. The monoisotopic (exact) mass is 354 g/mol. The number of nitrogens with zero attached hydrogens (tertiary/aromatic N) is 4. The minimum absolute atomic E-state index is 0.601. The second kappa shape index (κ2) is 7.91. The Morgan fingerprint density at radius 3 is 2.52 bits per heavy atom. The molecule has 2 aromatic heterocycles. The molecule has 5 nitrogen and oxygen atoms in total. The fraction of sp³-hybridized carbons (Fsp3) is 0.368. The van der Waals surface area contributed by atoms with Crippen molar-refractivity contribution in [3.8, 4) is 11.5 Å². The third kappa shape index (κ3) is 4.34. The van der Waals surface area contributed by atoms with Gasteiger partial charge in [0, 0.05) is 25.2 Å². The van der Waals surface area contributed by atoms with Crippen LogP contribution in [0.1, 0.15) is 17.8 Å². The molecule has 25 heavy (non-hydrogen) atoms. The zero-order valence-corrected chi connectivity index (χ0v) is 15.0. The molecule has 0 atom stereocenters. The Balaban J connectivity index is 1.33. The van der Waals surface area contributed by atoms with Gasteiger partial charge in [0.2, 0.25) is 0 Å². The van der Waals surface area contributed by atoms with E-state index in [4.69, 9.17) is 4.52 Å². The van der Waals surface area contributed by atoms with Gasteiger partial charge >= 0.3 is 0 Å². The molecule has 3 aromatic rings. The molecule has 130 valence electrons. The van der Waals surface area contributed by atoms with Crippen LogP contribution in [0.15, 0.2) is 51.7 Å². The lowest BCUT2D eigenvalue weighted by atomic mass is 10.2. The van der Waals surface area contributed by atoms with Gasteiger partial charge < -0.3 is 4.52 Å². The third-order valence-electron chi connectivity index (χ3n) is 4.52. The molecule has 0 saturated carbocycles. The van der Waals surface area contributed by atoms with Crippen molar-refractivity contribution in [1.29, 1.82) is 0 Å². The first-order valence-electron chi connectivity index (χ1n) is 8.70. The standard InChI is InChI=1S/C19H22N4OS/c1-2-5-17(6-3-1)19-20-18(21-24-19)14-23-9-4-8-22(10-11-23)13-16-7-12-25-15-16/h1-3,5-7,12,15H,4,8-11,13-14H2. The van der Waals surface area contributed by atoms with Gasteiger partial charge in [-0.25, -0.2) is 0 Å². The first-order chi connectivity index (χ1) is 12.4. The Hall–Kier alpha value is -2.02. The molecule has 0 N–H and O–H groups in total. The highest BCUT2D eigenvalue weighted by Gasteiger charge is 2.17. The lowest BCUT2D eigenvalue weighted by molar-refractivity contribution is 0.241. The second-order valence-electron chi connectivity index (χ2n) is 6.42. The minimum atomic E-state index is 0.601. The van der Waals surface area contributed by atoms with Gasteiger partial charge in [0.15, 0.2) is 5.82 Å². The molecule has 4 rings (SSSR count). The summed E-state index contributed by atoms with van der Waals surface area (Å²) in [5, 5.41) is 8.55. The summed E-state index contributed by atoms with van der Waals surface area (Å²) in [7, 11) is 0. The van der Waals surface area contributed by atoms with Gasteiger partial charge in [-0.2, -0.15) is 16.3 Å². The molecule has 1 aliphatic heterocycles. The maximum atomic E-state index is 5.42. The zero-order chi connectivity index (χ0) is 16.9. The summed E-state index contributed by atoms with van der Waals surface area (Å²) in [6.45, 7) is 6.15. The summed E-state index contributed by atoms with van der Waals surface area (Å²) in [6, 6.07) is 12.2. The number of hydrogen-bond acceptors (Lipinski definition) is 6. The van der Waals surface area contributed by atoms with Crippen LogP contribution in [0.4, 0.5) is 0 Å². The largest absolute Gasteiger partial charge is 0.334 e. The predicted octanol–water partition coefficient (Wildman–Crippen LogP) is 3.51. The van der Waals surface area contributed by atoms with Crippen LogP contribution in [-0.2, 0) is 13.1 Å². The Bertz CT molecular complexity index is 772. The molecule has 0 unspecified atom stereocenters. The summed E-state index contributed by atoms with van der Waals surface area (Å²) in [6.07, 6.45) is 1.17. The van der Waals surface area contributed by atoms with Crippen LogP contribution in [0.3, 0.4) is 0 Å². The average molecular weight is 354 g/mol. The first kappa shape index (κ1) is 16.4. The molecule has 0 bridgehead atoms. The maximum absolute atomic E-state index is 5.42. The van der Waals surface area contributed by atoms with Crippen LogP contribution in [0.5, 0.6) is 0 Å². The highest BCUT2D eigenvalue weighted by Crippen LogP contribution is 2.17. The van der Waals surface area contributed by atoms with E-state index in [-0.39, 0.29) is 0 Å². The molecular formula is C19H22N4OS. The topological polar surface area (TPSA) is 45.4 Å². The van der Waals surface area contributed by atoms with Gasteiger partial charge in [0.25, 0.3) is 5.89 Å². The van der Waals surface area contributed by atoms with Gasteiger partial charge in [-0.05, 0) is 54.0 Å². The number of aromatic nitrogens is 2. The van der Waals surface area contributed by atoms with Crippen molar-refractivity contribution in [3.05, 3.63) is 58.5 Å². The van der Waals surface area contributed by atoms with Crippen LogP contribution in [0.25, 0.3) is 11.5 Å². The number of thiophene rings is 1. The molecule has 1 aromatic carbocycles. The molecule has 0 aliphatic carbocycles. The van der Waals surface area contributed by atoms with E-state index in [0.29, 0.717) is 5.89 Å². The summed E-state index contributed by atoms with van der Waals surface area (Å²) in [4.78, 5) is 9.51. The normalized spacial score (nSPS) is 16.8. The molecule has 6 heteroatoms. The fourth-order valence-corrected chi connectivity index (χ4v) is 3.86. The van der Waals surface area contributed by atoms with E-state index in [1.807, 2.05) is 30.3 Å². The van der Waals surface area contributed by atoms with Gasteiger partial charge in [0.05, 0.1) is 6.54 Å². The smallest absolute Gasteiger partial charge is 0.257 e. The lowest BCUT2D eigenvalue weighted by Gasteiger charge is -2.20. The SMILES string of the molecule is c1ccc(-c2nc(CN3CCCN(Cc4ccsc4)CC3)no2)cc1. The van der Waals surface area contributed by atoms with E-state index in [1.54, 1.807) is 11.3 Å². The molecule has 1 fully saturated rings. The molecule has 0 amide bonds. The van der Waals surface area contributed by atoms with Crippen molar-refractivity contribution in [2.45, 2.75) is 19.5 Å². The Morgan fingerprint density at radius 2 is 1.76 bits per heavy atom. The molecule has 0 radical (unpaired) electrons. The van der Waals surface area contributed by atoms with Gasteiger partial charge in [-0.1, -0.05) is 23.4 Å². The molecule has 0 spiro atoms. The van der Waals surface area contributed by atoms with E-state index in [9.17, 15) is 0 Å². The molecule has 1 saturated heterocycles. The third-order valence-corrected chi connectivity index (χ3v) is 5.25. The van der Waals surface area contributed by atoms with Crippen molar-refractivity contribution >= 4 is 11.3 Å². The lowest BCUT2D eigenvalue weighted by Crippen LogP contribution is -2.30. The Morgan fingerprint density at radius 1 is 0.960 bits per heavy atom. The molecular weight excluding hydrogens is 332 g/mol. The number of hydrogen-bond donors (Lipinski definition) is 0. The fourth-order valence-electron chi connectivity index (χ4n) is 3.20. The van der Waals surface area contributed by atoms with Crippen molar-refractivity contribution in [1.82, 2.24) is 19.9 Å². The van der Waals surface area contributed by atoms with Crippen LogP contribution in [-0.4, -0.2) is 46.1 Å². The van der Waals surface area contributed by atoms with Crippen LogP contribution >= 0.6 is 11.3 Å². The molecule has 1 aliphatic rings. The van der Waals surface area contributed by atoms with Crippen molar-refractivity contribution in [3.63, 3.8) is 0 Å². The number of benzene rings is 1. The molecule has 3 heterocycles. The van der Waals surface area contributed by atoms with E-state index in [1.165, 1.54) is 12.0 Å². The minimum Gasteiger partial charge on any atom is -0.334 e. The van der Waals surface area contributed by atoms with Crippen LogP contribution < -0.4 is 0 Å². The van der Waals surface area contributed by atoms with Crippen molar-refractivity contribution in [2.24, 2.45) is 0 Å². The van der Waals surface area contributed by atoms with E-state index >= 15 is 0 Å². The van der Waals surface area contributed by atoms with E-state index in [2.05, 4.69) is 36.8 Å². The Labute approximate surface area is 151 Å². The van der Waals surface area contributed by atoms with Crippen LogP contribution in [0, 0.1) is 0 Å². The van der Waals surface area contributed by atoms with Gasteiger partial charge in [0.1, 0.15) is 0 Å². The van der Waals surface area contributed by atoms with Gasteiger partial charge in [-0.3, -0.25) is 9.80 Å². The highest BCUT2D eigenvalue weighted by atomic mass is 32.1. The number of rotatable bonds is 5. The van der Waals surface area contributed by atoms with E-state index < -0.39 is 0 Å². The summed E-state index contributed by atoms with van der Waals surface area (Å²) < 4.78 is 5.42. The quantitative estimate of drug-likeness (QED) is 0.702.